The number of primary amides is 1. The molecule has 5 aromatic rings. The number of rotatable bonds is 4. The summed E-state index contributed by atoms with van der Waals surface area (Å²) in [6, 6.07) is 13.2. The SMILES string of the molecule is BC(B)(O)c1ccnc2ccc(-c3c(-c4ccc(F)cc4)nc(N)c4nc(C(N)=O)cn34)cc12. The van der Waals surface area contributed by atoms with Crippen molar-refractivity contribution in [3.8, 4) is 22.5 Å². The average molecular weight is 452 g/mol. The molecule has 3 heterocycles. The van der Waals surface area contributed by atoms with Crippen LogP contribution in [0.15, 0.2) is 60.9 Å². The molecule has 0 aliphatic heterocycles. The van der Waals surface area contributed by atoms with Crippen molar-refractivity contribution in [1.29, 1.82) is 0 Å². The lowest BCUT2D eigenvalue weighted by atomic mass is 9.61. The Bertz CT molecular complexity index is 1600. The molecule has 0 bridgehead atoms. The maximum absolute atomic E-state index is 13.6. The summed E-state index contributed by atoms with van der Waals surface area (Å²) in [6.07, 6.45) is 3.15. The van der Waals surface area contributed by atoms with Crippen LogP contribution in [0.3, 0.4) is 0 Å². The van der Waals surface area contributed by atoms with Crippen LogP contribution in [0.1, 0.15) is 16.1 Å². The second-order valence-corrected chi connectivity index (χ2v) is 8.53. The van der Waals surface area contributed by atoms with Crippen molar-refractivity contribution < 1.29 is 14.3 Å². The highest BCUT2D eigenvalue weighted by Crippen LogP contribution is 2.36. The molecule has 5 rings (SSSR count). The quantitative estimate of drug-likeness (QED) is 0.346. The summed E-state index contributed by atoms with van der Waals surface area (Å²) in [4.78, 5) is 25.1. The van der Waals surface area contributed by atoms with Gasteiger partial charge in [-0.1, -0.05) is 6.07 Å². The Morgan fingerprint density at radius 1 is 1.06 bits per heavy atom. The third-order valence-corrected chi connectivity index (χ3v) is 5.68. The van der Waals surface area contributed by atoms with Crippen molar-refractivity contribution in [3.05, 3.63) is 78.0 Å². The highest BCUT2D eigenvalue weighted by Gasteiger charge is 2.23. The molecule has 0 radical (unpaired) electrons. The zero-order chi connectivity index (χ0) is 24.2. The first-order chi connectivity index (χ1) is 16.1. The number of fused-ring (bicyclic) bond motifs is 2. The minimum atomic E-state index is -1.11. The van der Waals surface area contributed by atoms with Gasteiger partial charge in [-0.05, 0) is 48.0 Å². The average Bonchev–Trinajstić information content (AvgIpc) is 3.24. The van der Waals surface area contributed by atoms with Crippen molar-refractivity contribution in [1.82, 2.24) is 19.4 Å². The fourth-order valence-electron chi connectivity index (χ4n) is 4.10. The van der Waals surface area contributed by atoms with Gasteiger partial charge in [0.1, 0.15) is 27.2 Å². The lowest BCUT2D eigenvalue weighted by Crippen LogP contribution is -2.26. The summed E-state index contributed by atoms with van der Waals surface area (Å²) < 4.78 is 15.3. The molecule has 5 N–H and O–H groups in total. The number of aromatic nitrogens is 4. The normalized spacial score (nSPS) is 11.8. The Kier molecular flexibility index (Phi) is 4.87. The fraction of sp³-hybridized carbons (Fsp3) is 0.0435. The van der Waals surface area contributed by atoms with Gasteiger partial charge in [-0.15, -0.1) is 0 Å². The summed E-state index contributed by atoms with van der Waals surface area (Å²) in [5.41, 5.74) is 15.7. The van der Waals surface area contributed by atoms with Gasteiger partial charge in [0.25, 0.3) is 5.91 Å². The number of hydrogen-bond donors (Lipinski definition) is 3. The van der Waals surface area contributed by atoms with Crippen LogP contribution in [-0.4, -0.2) is 46.1 Å². The van der Waals surface area contributed by atoms with E-state index in [-0.39, 0.29) is 23.0 Å². The Hall–Kier alpha value is -4.24. The number of nitrogens with two attached hydrogens (primary N) is 2. The zero-order valence-electron chi connectivity index (χ0n) is 18.5. The number of benzene rings is 2. The maximum atomic E-state index is 13.6. The summed E-state index contributed by atoms with van der Waals surface area (Å²) in [7, 11) is 3.41. The first-order valence-corrected chi connectivity index (χ1v) is 10.5. The predicted molar refractivity (Wildman–Crippen MR) is 133 cm³/mol. The third-order valence-electron chi connectivity index (χ3n) is 5.68. The Morgan fingerprint density at radius 3 is 2.44 bits per heavy atom. The maximum Gasteiger partial charge on any atom is 0.268 e. The van der Waals surface area contributed by atoms with E-state index in [0.29, 0.717) is 33.6 Å². The third kappa shape index (κ3) is 3.56. The van der Waals surface area contributed by atoms with Gasteiger partial charge in [0.15, 0.2) is 11.5 Å². The van der Waals surface area contributed by atoms with E-state index in [1.807, 2.05) is 18.2 Å². The van der Waals surface area contributed by atoms with Crippen LogP contribution in [0.25, 0.3) is 39.1 Å². The van der Waals surface area contributed by atoms with E-state index >= 15 is 0 Å². The number of amides is 1. The summed E-state index contributed by atoms with van der Waals surface area (Å²) in [6.45, 7) is 0. The van der Waals surface area contributed by atoms with Gasteiger partial charge in [-0.3, -0.25) is 14.2 Å². The van der Waals surface area contributed by atoms with Gasteiger partial charge in [-0.2, -0.15) is 0 Å². The fourth-order valence-corrected chi connectivity index (χ4v) is 4.10. The van der Waals surface area contributed by atoms with Crippen LogP contribution in [0.2, 0.25) is 0 Å². The van der Waals surface area contributed by atoms with Crippen molar-refractivity contribution >= 4 is 44.0 Å². The van der Waals surface area contributed by atoms with Crippen LogP contribution in [0.4, 0.5) is 10.2 Å². The molecule has 3 aromatic heterocycles. The van der Waals surface area contributed by atoms with Crippen LogP contribution in [-0.2, 0) is 5.40 Å². The molecule has 0 aliphatic rings. The van der Waals surface area contributed by atoms with E-state index in [1.54, 1.807) is 44.5 Å². The molecule has 0 saturated carbocycles. The number of aliphatic hydroxyl groups is 1. The molecular weight excluding hydrogens is 433 g/mol. The van der Waals surface area contributed by atoms with Gasteiger partial charge < -0.3 is 16.6 Å². The molecule has 2 aromatic carbocycles. The molecule has 34 heavy (non-hydrogen) atoms. The smallest absolute Gasteiger partial charge is 0.268 e. The minimum Gasteiger partial charge on any atom is -0.403 e. The number of hydrogen-bond acceptors (Lipinski definition) is 6. The second kappa shape index (κ2) is 7.67. The molecule has 0 unspecified atom stereocenters. The number of nitrogen functional groups attached to an aromatic ring is 1. The molecule has 0 atom stereocenters. The van der Waals surface area contributed by atoms with E-state index < -0.39 is 11.3 Å². The first kappa shape index (κ1) is 21.6. The Morgan fingerprint density at radius 2 is 1.76 bits per heavy atom. The minimum absolute atomic E-state index is 0.0330. The van der Waals surface area contributed by atoms with Crippen molar-refractivity contribution in [3.63, 3.8) is 0 Å². The van der Waals surface area contributed by atoms with Gasteiger partial charge in [-0.25, -0.2) is 14.4 Å². The molecule has 0 aliphatic carbocycles. The molecule has 0 saturated heterocycles. The van der Waals surface area contributed by atoms with E-state index in [0.717, 1.165) is 5.39 Å². The number of halogens is 1. The molecule has 166 valence electrons. The molecule has 1 amide bonds. The Balaban J connectivity index is 1.89. The summed E-state index contributed by atoms with van der Waals surface area (Å²) >= 11 is 0. The van der Waals surface area contributed by atoms with Crippen LogP contribution in [0.5, 0.6) is 0 Å². The summed E-state index contributed by atoms with van der Waals surface area (Å²) in [5.74, 6) is -0.996. The van der Waals surface area contributed by atoms with Gasteiger partial charge in [0.2, 0.25) is 0 Å². The number of nitrogens with zero attached hydrogens (tertiary/aromatic N) is 4. The standard InChI is InChI=1S/C23H19B2FN6O2/c24-23(25,34)15-7-8-29-16-6-3-12(9-14(15)16)19-18(11-1-4-13(26)5-2-11)31-20(27)22-30-17(21(28)33)10-32(19)22/h1-10,34H,24-25H2,(H2,27,31)(H2,28,33). The van der Waals surface area contributed by atoms with E-state index in [4.69, 9.17) is 11.5 Å². The molecule has 8 nitrogen and oxygen atoms in total. The van der Waals surface area contributed by atoms with Crippen molar-refractivity contribution in [2.75, 3.05) is 5.73 Å². The van der Waals surface area contributed by atoms with Crippen LogP contribution < -0.4 is 11.5 Å². The number of anilines is 1. The monoisotopic (exact) mass is 452 g/mol. The predicted octanol–water partition coefficient (Wildman–Crippen LogP) is 0.800. The highest BCUT2D eigenvalue weighted by atomic mass is 19.1. The molecule has 0 spiro atoms. The lowest BCUT2D eigenvalue weighted by Gasteiger charge is -2.21. The molecule has 0 fully saturated rings. The van der Waals surface area contributed by atoms with E-state index in [9.17, 15) is 14.3 Å². The highest BCUT2D eigenvalue weighted by molar-refractivity contribution is 6.39. The van der Waals surface area contributed by atoms with Gasteiger partial charge >= 0.3 is 0 Å². The summed E-state index contributed by atoms with van der Waals surface area (Å²) in [5, 5.41) is 10.4. The Labute approximate surface area is 195 Å². The lowest BCUT2D eigenvalue weighted by molar-refractivity contribution is 0.0996. The van der Waals surface area contributed by atoms with Crippen molar-refractivity contribution in [2.45, 2.75) is 5.40 Å². The van der Waals surface area contributed by atoms with E-state index in [1.165, 1.54) is 18.3 Å². The van der Waals surface area contributed by atoms with Gasteiger partial charge in [0.05, 0.1) is 16.9 Å². The van der Waals surface area contributed by atoms with E-state index in [2.05, 4.69) is 15.0 Å². The largest absolute Gasteiger partial charge is 0.403 e. The first-order valence-electron chi connectivity index (χ1n) is 10.5. The van der Waals surface area contributed by atoms with Crippen LogP contribution in [0, 0.1) is 5.82 Å². The zero-order valence-corrected chi connectivity index (χ0v) is 18.5. The topological polar surface area (TPSA) is 132 Å². The number of pyridine rings is 1. The van der Waals surface area contributed by atoms with Crippen molar-refractivity contribution in [2.24, 2.45) is 5.73 Å². The number of imidazole rings is 1. The number of carbonyl (C=O) groups is 1. The molecule has 11 heteroatoms. The number of carbonyl (C=O) groups excluding carboxylic acids is 1. The van der Waals surface area contributed by atoms with Crippen LogP contribution >= 0.6 is 0 Å². The molecular formula is C23H19B2FN6O2. The van der Waals surface area contributed by atoms with Gasteiger partial charge in [0, 0.05) is 34.3 Å². The second-order valence-electron chi connectivity index (χ2n) is 8.53.